The second-order valence-electron chi connectivity index (χ2n) is 13.9. The largest absolute Gasteiger partial charge is 0.453 e. The van der Waals surface area contributed by atoms with Gasteiger partial charge in [-0.3, -0.25) is 15.2 Å². The lowest BCUT2D eigenvalue weighted by Crippen LogP contribution is -2.59. The first kappa shape index (κ1) is 38.5. The van der Waals surface area contributed by atoms with E-state index in [4.69, 9.17) is 18.9 Å². The summed E-state index contributed by atoms with van der Waals surface area (Å²) in [5, 5.41) is 18.2. The van der Waals surface area contributed by atoms with Crippen molar-refractivity contribution in [3.05, 3.63) is 89.8 Å². The molecule has 0 radical (unpaired) electrons. The second-order valence-corrected chi connectivity index (χ2v) is 13.9. The van der Waals surface area contributed by atoms with E-state index in [1.807, 2.05) is 36.4 Å². The highest BCUT2D eigenvalue weighted by molar-refractivity contribution is 5.86. The van der Waals surface area contributed by atoms with E-state index in [0.717, 1.165) is 40.9 Å². The Morgan fingerprint density at radius 2 is 1.73 bits per heavy atom. The molecular weight excluding hydrogens is 680 g/mol. The van der Waals surface area contributed by atoms with Crippen molar-refractivity contribution in [2.75, 3.05) is 26.9 Å². The van der Waals surface area contributed by atoms with Crippen LogP contribution in [0, 0.1) is 23.0 Å². The first-order chi connectivity index (χ1) is 24.8. The molecule has 280 valence electrons. The summed E-state index contributed by atoms with van der Waals surface area (Å²) in [6, 6.07) is 12.4. The maximum atomic E-state index is 14.9. The lowest BCUT2D eigenvalue weighted by Gasteiger charge is -2.34. The minimum atomic E-state index is -1.43. The van der Waals surface area contributed by atoms with E-state index in [1.165, 1.54) is 6.07 Å². The van der Waals surface area contributed by atoms with Gasteiger partial charge in [-0.25, -0.2) is 23.4 Å². The summed E-state index contributed by atoms with van der Waals surface area (Å²) >= 11 is 0. The molecule has 1 aromatic heterocycles. The number of aromatic nitrogens is 1. The van der Waals surface area contributed by atoms with Crippen LogP contribution in [0.4, 0.5) is 18.4 Å². The molecule has 5 rings (SSSR count). The van der Waals surface area contributed by atoms with Gasteiger partial charge in [0.1, 0.15) is 23.8 Å². The van der Waals surface area contributed by atoms with E-state index in [-0.39, 0.29) is 24.5 Å². The number of carbonyl (C=O) groups excluding carboxylic acids is 3. The quantitative estimate of drug-likeness (QED) is 0.189. The van der Waals surface area contributed by atoms with Gasteiger partial charge in [0.25, 0.3) is 5.91 Å². The molecule has 6 unspecified atom stereocenters. The molecule has 0 aliphatic carbocycles. The predicted octanol–water partition coefficient (Wildman–Crippen LogP) is 4.09. The second kappa shape index (κ2) is 17.2. The number of methoxy groups -OCH3 is 1. The Kier molecular flexibility index (Phi) is 12.8. The summed E-state index contributed by atoms with van der Waals surface area (Å²) in [4.78, 5) is 43.3. The van der Waals surface area contributed by atoms with Crippen molar-refractivity contribution in [1.29, 1.82) is 0 Å². The van der Waals surface area contributed by atoms with Crippen LogP contribution >= 0.6 is 0 Å². The van der Waals surface area contributed by atoms with Gasteiger partial charge in [-0.15, -0.1) is 0 Å². The first-order valence-corrected chi connectivity index (χ1v) is 17.0. The van der Waals surface area contributed by atoms with Crippen molar-refractivity contribution in [3.8, 4) is 11.1 Å². The van der Waals surface area contributed by atoms with Crippen LogP contribution < -0.4 is 16.1 Å². The van der Waals surface area contributed by atoms with Crippen LogP contribution in [0.1, 0.15) is 38.3 Å². The molecule has 3 aromatic rings. The number of hydrazine groups is 1. The molecule has 52 heavy (non-hydrogen) atoms. The smallest absolute Gasteiger partial charge is 0.407 e. The van der Waals surface area contributed by atoms with E-state index >= 15 is 0 Å². The number of nitrogens with zero attached hydrogens (tertiary/aromatic N) is 2. The molecule has 3 heterocycles. The molecule has 2 aliphatic heterocycles. The van der Waals surface area contributed by atoms with Crippen molar-refractivity contribution < 1.29 is 47.2 Å². The normalized spacial score (nSPS) is 20.0. The fourth-order valence-electron chi connectivity index (χ4n) is 6.22. The molecule has 13 nitrogen and oxygen atoms in total. The monoisotopic (exact) mass is 725 g/mol. The Hall–Kier alpha value is -4.70. The number of rotatable bonds is 13. The van der Waals surface area contributed by atoms with Gasteiger partial charge in [-0.2, -0.15) is 0 Å². The van der Waals surface area contributed by atoms with Crippen LogP contribution in [-0.4, -0.2) is 90.6 Å². The number of nitrogens with one attached hydrogen (secondary N) is 3. The van der Waals surface area contributed by atoms with Gasteiger partial charge in [0.05, 0.1) is 38.4 Å². The molecule has 3 amide bonds. The maximum absolute atomic E-state index is 14.9. The number of aliphatic hydroxyl groups is 1. The molecule has 15 heteroatoms. The molecule has 0 spiro atoms. The van der Waals surface area contributed by atoms with Crippen molar-refractivity contribution in [2.24, 2.45) is 11.3 Å². The number of hydrogen-bond acceptors (Lipinski definition) is 10. The molecular formula is C37H45F2N5O8. The van der Waals surface area contributed by atoms with Crippen molar-refractivity contribution >= 4 is 18.1 Å². The number of carbonyl (C=O) groups is 3. The van der Waals surface area contributed by atoms with E-state index in [1.54, 1.807) is 33.2 Å². The first-order valence-electron chi connectivity index (χ1n) is 17.0. The zero-order chi connectivity index (χ0) is 37.4. The van der Waals surface area contributed by atoms with Gasteiger partial charge in [0.15, 0.2) is 6.29 Å². The summed E-state index contributed by atoms with van der Waals surface area (Å²) in [6.07, 6.45) is 0.105. The highest BCUT2D eigenvalue weighted by Gasteiger charge is 2.44. The molecule has 4 N–H and O–H groups in total. The Balaban J connectivity index is 1.39. The third-order valence-electron chi connectivity index (χ3n) is 9.08. The predicted molar refractivity (Wildman–Crippen MR) is 184 cm³/mol. The number of aliphatic hydroxyl groups excluding tert-OH is 1. The number of alkyl carbamates (subject to hydrolysis) is 2. The average Bonchev–Trinajstić information content (AvgIpc) is 3.73. The van der Waals surface area contributed by atoms with E-state index in [9.17, 15) is 28.3 Å². The molecule has 2 aliphatic rings. The molecule has 2 fully saturated rings. The van der Waals surface area contributed by atoms with Gasteiger partial charge in [-0.1, -0.05) is 57.2 Å². The van der Waals surface area contributed by atoms with Crippen molar-refractivity contribution in [2.45, 2.75) is 70.7 Å². The Morgan fingerprint density at radius 1 is 1.00 bits per heavy atom. The number of hydrogen-bond donors (Lipinski definition) is 4. The standard InChI is InChI=1S/C37H45F2N5O8/c1-37(2,3)32(42-35(47)49-4)33(46)43-44(19-26-27(38)8-5-9-28(26)39)20-30(45)29(41-36(48)52-31-21-51-34-25(31)14-16-50-34)17-22-10-12-23(13-11-22)24-7-6-15-40-18-24/h5-13,15,18,25,29-32,34,45H,14,16-17,19-21H2,1-4H3,(H,41,48)(H,42,47)(H,43,46). The Morgan fingerprint density at radius 3 is 2.38 bits per heavy atom. The van der Waals surface area contributed by atoms with Gasteiger partial charge < -0.3 is 34.7 Å². The Labute approximate surface area is 300 Å². The molecule has 6 atom stereocenters. The number of pyridine rings is 1. The topological polar surface area (TPSA) is 161 Å². The summed E-state index contributed by atoms with van der Waals surface area (Å²) < 4.78 is 51.4. The van der Waals surface area contributed by atoms with Gasteiger partial charge in [0.2, 0.25) is 0 Å². The Bertz CT molecular complexity index is 1660. The summed E-state index contributed by atoms with van der Waals surface area (Å²) in [6.45, 7) is 4.88. The van der Waals surface area contributed by atoms with E-state index in [2.05, 4.69) is 21.0 Å². The summed E-state index contributed by atoms with van der Waals surface area (Å²) in [5.74, 6) is -2.58. The number of halogens is 2. The van der Waals surface area contributed by atoms with Crippen LogP contribution in [0.5, 0.6) is 0 Å². The molecule has 0 bridgehead atoms. The van der Waals surface area contributed by atoms with Crippen molar-refractivity contribution in [1.82, 2.24) is 26.1 Å². The lowest BCUT2D eigenvalue weighted by atomic mass is 9.86. The maximum Gasteiger partial charge on any atom is 0.407 e. The van der Waals surface area contributed by atoms with Crippen molar-refractivity contribution in [3.63, 3.8) is 0 Å². The van der Waals surface area contributed by atoms with Gasteiger partial charge in [0, 0.05) is 31.0 Å². The average molecular weight is 726 g/mol. The molecule has 2 saturated heterocycles. The number of amides is 3. The summed E-state index contributed by atoms with van der Waals surface area (Å²) in [5.41, 5.74) is 3.99. The van der Waals surface area contributed by atoms with Crippen LogP contribution in [-0.2, 0) is 36.7 Å². The third-order valence-corrected chi connectivity index (χ3v) is 9.08. The minimum Gasteiger partial charge on any atom is -0.453 e. The summed E-state index contributed by atoms with van der Waals surface area (Å²) in [7, 11) is 1.15. The SMILES string of the molecule is COC(=O)NC(C(=O)NN(Cc1c(F)cccc1F)CC(O)C(Cc1ccc(-c2cccnc2)cc1)NC(=O)OC1COC2OCCC12)C(C)(C)C. The van der Waals surface area contributed by atoms with Crippen LogP contribution in [0.3, 0.4) is 0 Å². The lowest BCUT2D eigenvalue weighted by molar-refractivity contribution is -0.131. The third kappa shape index (κ3) is 10.00. The molecule has 2 aromatic carbocycles. The van der Waals surface area contributed by atoms with Crippen LogP contribution in [0.15, 0.2) is 67.0 Å². The van der Waals surface area contributed by atoms with E-state index in [0.29, 0.717) is 13.0 Å². The fourth-order valence-corrected chi connectivity index (χ4v) is 6.22. The highest BCUT2D eigenvalue weighted by atomic mass is 19.1. The van der Waals surface area contributed by atoms with E-state index < -0.39 is 78.8 Å². The minimum absolute atomic E-state index is 0.115. The number of ether oxygens (including phenoxy) is 4. The number of fused-ring (bicyclic) bond motifs is 1. The number of benzene rings is 2. The highest BCUT2D eigenvalue weighted by Crippen LogP contribution is 2.33. The molecule has 0 saturated carbocycles. The fraction of sp³-hybridized carbons (Fsp3) is 0.459. The van der Waals surface area contributed by atoms with Crippen LogP contribution in [0.2, 0.25) is 0 Å². The van der Waals surface area contributed by atoms with Gasteiger partial charge >= 0.3 is 12.2 Å². The zero-order valence-corrected chi connectivity index (χ0v) is 29.5. The zero-order valence-electron chi connectivity index (χ0n) is 29.5. The van der Waals surface area contributed by atoms with Crippen LogP contribution in [0.25, 0.3) is 11.1 Å². The van der Waals surface area contributed by atoms with Gasteiger partial charge in [-0.05, 0) is 53.1 Å².